The first-order chi connectivity index (χ1) is 10.5. The predicted molar refractivity (Wildman–Crippen MR) is 94.4 cm³/mol. The Bertz CT molecular complexity index is 586. The van der Waals surface area contributed by atoms with Crippen LogP contribution in [0.2, 0.25) is 0 Å². The van der Waals surface area contributed by atoms with Gasteiger partial charge in [0.15, 0.2) is 0 Å². The van der Waals surface area contributed by atoms with Crippen LogP contribution >= 0.6 is 0 Å². The van der Waals surface area contributed by atoms with E-state index in [4.69, 9.17) is 4.74 Å². The molecule has 0 heterocycles. The fourth-order valence-electron chi connectivity index (χ4n) is 2.77. The minimum absolute atomic E-state index is 0.0246. The van der Waals surface area contributed by atoms with E-state index in [2.05, 4.69) is 50.9 Å². The molecule has 0 spiro atoms. The Hall–Kier alpha value is -1.07. The van der Waals surface area contributed by atoms with Crippen LogP contribution in [-0.4, -0.2) is 27.9 Å². The number of ether oxygens (including phenoxy) is 1. The molecule has 0 atom stereocenters. The standard InChI is InChI=1S/C18H30O4S/c1-7-17(2,3)14-18(4,5)15-8-10-16(11-9-15)21-12-13-22-23(6,19)20/h8-11H,7,12-14H2,1-6H3. The van der Waals surface area contributed by atoms with E-state index in [1.807, 2.05) is 12.1 Å². The molecular weight excluding hydrogens is 312 g/mol. The van der Waals surface area contributed by atoms with Crippen molar-refractivity contribution < 1.29 is 17.3 Å². The molecule has 0 radical (unpaired) electrons. The van der Waals surface area contributed by atoms with Crippen molar-refractivity contribution in [2.75, 3.05) is 19.5 Å². The van der Waals surface area contributed by atoms with E-state index in [9.17, 15) is 8.42 Å². The van der Waals surface area contributed by atoms with Crippen LogP contribution in [-0.2, 0) is 19.7 Å². The third-order valence-electron chi connectivity index (χ3n) is 4.16. The summed E-state index contributed by atoms with van der Waals surface area (Å²) < 4.78 is 31.9. The van der Waals surface area contributed by atoms with Crippen LogP contribution in [0.15, 0.2) is 24.3 Å². The van der Waals surface area contributed by atoms with Gasteiger partial charge in [0, 0.05) is 0 Å². The lowest BCUT2D eigenvalue weighted by molar-refractivity contribution is 0.222. The van der Waals surface area contributed by atoms with E-state index in [0.717, 1.165) is 24.8 Å². The SMILES string of the molecule is CCC(C)(C)CC(C)(C)c1ccc(OCCOS(C)(=O)=O)cc1. The van der Waals surface area contributed by atoms with Crippen LogP contribution < -0.4 is 4.74 Å². The summed E-state index contributed by atoms with van der Waals surface area (Å²) in [6.45, 7) is 11.6. The maximum atomic E-state index is 10.9. The summed E-state index contributed by atoms with van der Waals surface area (Å²) >= 11 is 0. The van der Waals surface area contributed by atoms with Gasteiger partial charge in [-0.1, -0.05) is 53.2 Å². The Morgan fingerprint density at radius 2 is 1.57 bits per heavy atom. The van der Waals surface area contributed by atoms with E-state index in [1.165, 1.54) is 5.56 Å². The molecule has 0 amide bonds. The third-order valence-corrected chi connectivity index (χ3v) is 4.76. The van der Waals surface area contributed by atoms with Crippen LogP contribution in [0.4, 0.5) is 0 Å². The van der Waals surface area contributed by atoms with E-state index in [0.29, 0.717) is 5.41 Å². The smallest absolute Gasteiger partial charge is 0.264 e. The maximum Gasteiger partial charge on any atom is 0.264 e. The molecule has 0 aliphatic heterocycles. The van der Waals surface area contributed by atoms with Gasteiger partial charge < -0.3 is 4.74 Å². The van der Waals surface area contributed by atoms with Gasteiger partial charge in [-0.2, -0.15) is 8.42 Å². The van der Waals surface area contributed by atoms with Crippen LogP contribution in [0.1, 0.15) is 53.0 Å². The molecule has 0 saturated carbocycles. The Balaban J connectivity index is 2.62. The van der Waals surface area contributed by atoms with Crippen LogP contribution in [0.25, 0.3) is 0 Å². The van der Waals surface area contributed by atoms with Gasteiger partial charge in [-0.3, -0.25) is 4.18 Å². The highest BCUT2D eigenvalue weighted by molar-refractivity contribution is 7.85. The molecule has 1 aromatic carbocycles. The zero-order chi connectivity index (χ0) is 17.7. The second-order valence-corrected chi connectivity index (χ2v) is 9.12. The average molecular weight is 343 g/mol. The third kappa shape index (κ3) is 7.36. The van der Waals surface area contributed by atoms with Crippen molar-refractivity contribution in [3.05, 3.63) is 29.8 Å². The van der Waals surface area contributed by atoms with Crippen molar-refractivity contribution >= 4 is 10.1 Å². The van der Waals surface area contributed by atoms with Crippen molar-refractivity contribution in [3.8, 4) is 5.75 Å². The number of benzene rings is 1. The van der Waals surface area contributed by atoms with Crippen LogP contribution in [0, 0.1) is 5.41 Å². The maximum absolute atomic E-state index is 10.9. The lowest BCUT2D eigenvalue weighted by atomic mass is 9.70. The normalized spacial score (nSPS) is 13.1. The lowest BCUT2D eigenvalue weighted by Crippen LogP contribution is -2.26. The zero-order valence-corrected chi connectivity index (χ0v) is 16.0. The molecule has 0 aliphatic carbocycles. The van der Waals surface area contributed by atoms with Gasteiger partial charge in [0.1, 0.15) is 19.0 Å². The van der Waals surface area contributed by atoms with Gasteiger partial charge in [0.2, 0.25) is 0 Å². The fraction of sp³-hybridized carbons (Fsp3) is 0.667. The molecule has 0 saturated heterocycles. The molecule has 1 rings (SSSR count). The van der Waals surface area contributed by atoms with Gasteiger partial charge in [0.05, 0.1) is 6.26 Å². The van der Waals surface area contributed by atoms with Gasteiger partial charge in [-0.05, 0) is 34.9 Å². The molecular formula is C18H30O4S. The molecule has 5 heteroatoms. The Morgan fingerprint density at radius 3 is 2.04 bits per heavy atom. The average Bonchev–Trinajstić information content (AvgIpc) is 2.42. The molecule has 132 valence electrons. The highest BCUT2D eigenvalue weighted by Crippen LogP contribution is 2.38. The largest absolute Gasteiger partial charge is 0.491 e. The topological polar surface area (TPSA) is 52.6 Å². The molecule has 0 bridgehead atoms. The molecule has 0 aliphatic rings. The number of hydrogen-bond donors (Lipinski definition) is 0. The van der Waals surface area contributed by atoms with Crippen molar-refractivity contribution in [1.82, 2.24) is 0 Å². The first-order valence-corrected chi connectivity index (χ1v) is 9.85. The van der Waals surface area contributed by atoms with Crippen molar-refractivity contribution in [2.24, 2.45) is 5.41 Å². The van der Waals surface area contributed by atoms with Crippen LogP contribution in [0.5, 0.6) is 5.75 Å². The molecule has 0 fully saturated rings. The molecule has 1 aromatic rings. The van der Waals surface area contributed by atoms with Crippen molar-refractivity contribution in [2.45, 2.75) is 52.9 Å². The van der Waals surface area contributed by atoms with Gasteiger partial charge >= 0.3 is 0 Å². The summed E-state index contributed by atoms with van der Waals surface area (Å²) in [7, 11) is -3.40. The molecule has 0 aromatic heterocycles. The summed E-state index contributed by atoms with van der Waals surface area (Å²) in [6.07, 6.45) is 3.29. The Labute approximate surface area is 141 Å². The van der Waals surface area contributed by atoms with Crippen molar-refractivity contribution in [1.29, 1.82) is 0 Å². The summed E-state index contributed by atoms with van der Waals surface area (Å²) in [5, 5.41) is 0. The highest BCUT2D eigenvalue weighted by atomic mass is 32.2. The fourth-order valence-corrected chi connectivity index (χ4v) is 3.14. The van der Waals surface area contributed by atoms with E-state index < -0.39 is 10.1 Å². The minimum Gasteiger partial charge on any atom is -0.491 e. The molecule has 0 unspecified atom stereocenters. The van der Waals surface area contributed by atoms with Gasteiger partial charge in [0.25, 0.3) is 10.1 Å². The van der Waals surface area contributed by atoms with E-state index in [-0.39, 0.29) is 18.6 Å². The first-order valence-electron chi connectivity index (χ1n) is 8.03. The molecule has 23 heavy (non-hydrogen) atoms. The predicted octanol–water partition coefficient (Wildman–Crippen LogP) is 4.15. The zero-order valence-electron chi connectivity index (χ0n) is 15.2. The quantitative estimate of drug-likeness (QED) is 0.500. The second kappa shape index (κ2) is 7.67. The van der Waals surface area contributed by atoms with Gasteiger partial charge in [-0.15, -0.1) is 0 Å². The summed E-state index contributed by atoms with van der Waals surface area (Å²) in [6, 6.07) is 8.02. The number of rotatable bonds is 9. The minimum atomic E-state index is -3.40. The van der Waals surface area contributed by atoms with Crippen molar-refractivity contribution in [3.63, 3.8) is 0 Å². The molecule has 4 nitrogen and oxygen atoms in total. The van der Waals surface area contributed by atoms with E-state index >= 15 is 0 Å². The highest BCUT2D eigenvalue weighted by Gasteiger charge is 2.28. The summed E-state index contributed by atoms with van der Waals surface area (Å²) in [5.74, 6) is 0.719. The van der Waals surface area contributed by atoms with Crippen LogP contribution in [0.3, 0.4) is 0 Å². The Morgan fingerprint density at radius 1 is 1.00 bits per heavy atom. The first kappa shape index (κ1) is 20.0. The van der Waals surface area contributed by atoms with E-state index in [1.54, 1.807) is 0 Å². The summed E-state index contributed by atoms with van der Waals surface area (Å²) in [5.41, 5.74) is 1.68. The number of hydrogen-bond acceptors (Lipinski definition) is 4. The monoisotopic (exact) mass is 342 g/mol. The summed E-state index contributed by atoms with van der Waals surface area (Å²) in [4.78, 5) is 0. The van der Waals surface area contributed by atoms with Gasteiger partial charge in [-0.25, -0.2) is 0 Å². The Kier molecular flexibility index (Phi) is 6.66. The lowest BCUT2D eigenvalue weighted by Gasteiger charge is -2.35. The second-order valence-electron chi connectivity index (χ2n) is 7.48. The molecule has 0 N–H and O–H groups in total.